The molecule has 0 aliphatic heterocycles. The number of aliphatic hydroxyl groups is 1. The molecular weight excluding hydrogens is 425 g/mol. The predicted octanol–water partition coefficient (Wildman–Crippen LogP) is 3.91. The van der Waals surface area contributed by atoms with Crippen LogP contribution >= 0.6 is 0 Å². The van der Waals surface area contributed by atoms with Crippen molar-refractivity contribution in [3.63, 3.8) is 0 Å². The number of hydrogen-bond donors (Lipinski definition) is 3. The molecule has 0 unspecified atom stereocenters. The molecule has 0 aliphatic carbocycles. The van der Waals surface area contributed by atoms with Crippen LogP contribution in [0.15, 0.2) is 72.8 Å². The second-order valence-electron chi connectivity index (χ2n) is 7.72. The van der Waals surface area contributed by atoms with Crippen LogP contribution in [0.2, 0.25) is 0 Å². The van der Waals surface area contributed by atoms with Gasteiger partial charge < -0.3 is 25.0 Å². The van der Waals surface area contributed by atoms with Crippen LogP contribution in [0.1, 0.15) is 29.7 Å². The third-order valence-corrected chi connectivity index (χ3v) is 5.19. The zero-order chi connectivity index (χ0) is 23.6. The molecule has 0 fully saturated rings. The van der Waals surface area contributed by atoms with Crippen molar-refractivity contribution in [1.29, 1.82) is 0 Å². The fourth-order valence-electron chi connectivity index (χ4n) is 3.25. The van der Waals surface area contributed by atoms with Crippen molar-refractivity contribution in [1.82, 2.24) is 5.32 Å². The quantitative estimate of drug-likeness (QED) is 0.382. The Morgan fingerprint density at radius 2 is 1.79 bits per heavy atom. The number of aliphatic hydroxyl groups excluding tert-OH is 1. The maximum absolute atomic E-state index is 14.4. The molecule has 0 bridgehead atoms. The number of benzene rings is 3. The van der Waals surface area contributed by atoms with Crippen LogP contribution in [-0.4, -0.2) is 35.4 Å². The molecule has 0 saturated heterocycles. The summed E-state index contributed by atoms with van der Waals surface area (Å²) in [5.41, 5.74) is 2.05. The molecule has 3 rings (SSSR count). The molecule has 7 heteroatoms. The number of esters is 1. The SMILES string of the molecule is C[C@H](NCCc1ccc(OCC(=O)OCc2ccccc2)cc1F)[C@@H](O)c1ccc(O)cc1. The minimum absolute atomic E-state index is 0.138. The summed E-state index contributed by atoms with van der Waals surface area (Å²) in [6.07, 6.45) is -0.342. The fraction of sp³-hybridized carbons (Fsp3) is 0.269. The maximum Gasteiger partial charge on any atom is 0.344 e. The molecule has 33 heavy (non-hydrogen) atoms. The highest BCUT2D eigenvalue weighted by molar-refractivity contribution is 5.71. The maximum atomic E-state index is 14.4. The minimum atomic E-state index is -0.757. The number of aromatic hydroxyl groups is 1. The molecule has 0 saturated carbocycles. The van der Waals surface area contributed by atoms with Gasteiger partial charge >= 0.3 is 5.97 Å². The summed E-state index contributed by atoms with van der Waals surface area (Å²) in [6.45, 7) is 2.14. The number of rotatable bonds is 11. The monoisotopic (exact) mass is 453 g/mol. The average molecular weight is 454 g/mol. The lowest BCUT2D eigenvalue weighted by molar-refractivity contribution is -0.147. The van der Waals surface area contributed by atoms with Crippen LogP contribution in [0.5, 0.6) is 11.5 Å². The highest BCUT2D eigenvalue weighted by atomic mass is 19.1. The number of carbonyl (C=O) groups is 1. The normalized spacial score (nSPS) is 12.7. The molecule has 0 radical (unpaired) electrons. The third kappa shape index (κ3) is 7.59. The van der Waals surface area contributed by atoms with E-state index >= 15 is 0 Å². The standard InChI is InChI=1S/C26H28FNO5/c1-18(26(31)21-7-10-22(29)11-8-21)28-14-13-20-9-12-23(15-24(20)27)32-17-25(30)33-16-19-5-3-2-4-6-19/h2-12,15,18,26,28-29,31H,13-14,16-17H2,1H3/t18-,26+/m0/s1. The molecule has 0 amide bonds. The summed E-state index contributed by atoms with van der Waals surface area (Å²) in [7, 11) is 0. The summed E-state index contributed by atoms with van der Waals surface area (Å²) in [5, 5.41) is 22.9. The zero-order valence-electron chi connectivity index (χ0n) is 18.4. The van der Waals surface area contributed by atoms with Gasteiger partial charge in [-0.25, -0.2) is 9.18 Å². The summed E-state index contributed by atoms with van der Waals surface area (Å²) >= 11 is 0. The number of carbonyl (C=O) groups excluding carboxylic acids is 1. The van der Waals surface area contributed by atoms with Gasteiger partial charge in [0.2, 0.25) is 0 Å². The van der Waals surface area contributed by atoms with Gasteiger partial charge in [0, 0.05) is 12.1 Å². The fourth-order valence-corrected chi connectivity index (χ4v) is 3.25. The van der Waals surface area contributed by atoms with E-state index < -0.39 is 17.9 Å². The summed E-state index contributed by atoms with van der Waals surface area (Å²) < 4.78 is 24.9. The van der Waals surface area contributed by atoms with Gasteiger partial charge in [0.15, 0.2) is 6.61 Å². The van der Waals surface area contributed by atoms with Gasteiger partial charge in [0.1, 0.15) is 23.9 Å². The van der Waals surface area contributed by atoms with Gasteiger partial charge in [-0.15, -0.1) is 0 Å². The lowest BCUT2D eigenvalue weighted by Crippen LogP contribution is -2.33. The lowest BCUT2D eigenvalue weighted by atomic mass is 10.0. The first-order valence-electron chi connectivity index (χ1n) is 10.7. The second kappa shape index (κ2) is 12.0. The van der Waals surface area contributed by atoms with Crippen molar-refractivity contribution < 1.29 is 28.9 Å². The van der Waals surface area contributed by atoms with E-state index in [1.807, 2.05) is 37.3 Å². The van der Waals surface area contributed by atoms with Crippen LogP contribution in [-0.2, 0) is 22.6 Å². The van der Waals surface area contributed by atoms with Gasteiger partial charge in [0.05, 0.1) is 6.10 Å². The van der Waals surface area contributed by atoms with E-state index in [1.54, 1.807) is 24.3 Å². The Morgan fingerprint density at radius 1 is 1.06 bits per heavy atom. The Balaban J connectivity index is 1.41. The van der Waals surface area contributed by atoms with Crippen LogP contribution < -0.4 is 10.1 Å². The van der Waals surface area contributed by atoms with E-state index in [9.17, 15) is 19.4 Å². The topological polar surface area (TPSA) is 88.0 Å². The zero-order valence-corrected chi connectivity index (χ0v) is 18.4. The largest absolute Gasteiger partial charge is 0.508 e. The van der Waals surface area contributed by atoms with Gasteiger partial charge in [-0.1, -0.05) is 48.5 Å². The molecule has 0 heterocycles. The second-order valence-corrected chi connectivity index (χ2v) is 7.72. The van der Waals surface area contributed by atoms with Crippen LogP contribution in [0, 0.1) is 5.82 Å². The first-order chi connectivity index (χ1) is 15.9. The number of nitrogens with one attached hydrogen (secondary N) is 1. The van der Waals surface area contributed by atoms with E-state index in [2.05, 4.69) is 5.32 Å². The van der Waals surface area contributed by atoms with Crippen molar-refractivity contribution in [3.05, 3.63) is 95.3 Å². The minimum Gasteiger partial charge on any atom is -0.508 e. The molecule has 6 nitrogen and oxygen atoms in total. The molecule has 3 N–H and O–H groups in total. The number of halogens is 1. The Morgan fingerprint density at radius 3 is 2.48 bits per heavy atom. The first kappa shape index (κ1) is 24.2. The van der Waals surface area contributed by atoms with Gasteiger partial charge in [-0.05, 0) is 54.8 Å². The summed E-state index contributed by atoms with van der Waals surface area (Å²) in [4.78, 5) is 11.8. The Bertz CT molecular complexity index is 1030. The van der Waals surface area contributed by atoms with Crippen LogP contribution in [0.3, 0.4) is 0 Å². The van der Waals surface area contributed by atoms with E-state index in [4.69, 9.17) is 9.47 Å². The van der Waals surface area contributed by atoms with Gasteiger partial charge in [0.25, 0.3) is 0 Å². The van der Waals surface area contributed by atoms with E-state index in [0.717, 1.165) is 5.56 Å². The summed E-state index contributed by atoms with van der Waals surface area (Å²) in [5.74, 6) is -0.581. The summed E-state index contributed by atoms with van der Waals surface area (Å²) in [6, 6.07) is 19.9. The van der Waals surface area contributed by atoms with E-state index in [-0.39, 0.29) is 30.8 Å². The Kier molecular flexibility index (Phi) is 8.80. The van der Waals surface area contributed by atoms with Gasteiger partial charge in [-0.3, -0.25) is 0 Å². The number of phenolic OH excluding ortho intramolecular Hbond substituents is 1. The number of hydrogen-bond acceptors (Lipinski definition) is 6. The van der Waals surface area contributed by atoms with Crippen molar-refractivity contribution >= 4 is 5.97 Å². The number of ether oxygens (including phenoxy) is 2. The molecule has 3 aromatic rings. The smallest absolute Gasteiger partial charge is 0.344 e. The average Bonchev–Trinajstić information content (AvgIpc) is 2.83. The van der Waals surface area contributed by atoms with Crippen molar-refractivity contribution in [2.75, 3.05) is 13.2 Å². The third-order valence-electron chi connectivity index (χ3n) is 5.19. The molecule has 2 atom stereocenters. The highest BCUT2D eigenvalue weighted by Gasteiger charge is 2.16. The lowest BCUT2D eigenvalue weighted by Gasteiger charge is -2.21. The van der Waals surface area contributed by atoms with Crippen molar-refractivity contribution in [3.8, 4) is 11.5 Å². The Labute approximate surface area is 192 Å². The van der Waals surface area contributed by atoms with Crippen molar-refractivity contribution in [2.45, 2.75) is 32.1 Å². The van der Waals surface area contributed by atoms with Crippen LogP contribution in [0.25, 0.3) is 0 Å². The molecule has 0 aromatic heterocycles. The highest BCUT2D eigenvalue weighted by Crippen LogP contribution is 2.20. The molecular formula is C26H28FNO5. The van der Waals surface area contributed by atoms with E-state index in [1.165, 1.54) is 18.2 Å². The molecule has 174 valence electrons. The van der Waals surface area contributed by atoms with Crippen molar-refractivity contribution in [2.24, 2.45) is 0 Å². The molecule has 0 spiro atoms. The van der Waals surface area contributed by atoms with E-state index in [0.29, 0.717) is 24.1 Å². The number of phenols is 1. The Hall–Kier alpha value is -3.42. The predicted molar refractivity (Wildman–Crippen MR) is 122 cm³/mol. The molecule has 0 aliphatic rings. The van der Waals surface area contributed by atoms with Gasteiger partial charge in [-0.2, -0.15) is 0 Å². The molecule has 3 aromatic carbocycles. The van der Waals surface area contributed by atoms with Crippen LogP contribution in [0.4, 0.5) is 4.39 Å². The first-order valence-corrected chi connectivity index (χ1v) is 10.7.